The quantitative estimate of drug-likeness (QED) is 0.856. The van der Waals surface area contributed by atoms with Gasteiger partial charge < -0.3 is 18.9 Å². The molecule has 1 aromatic carbocycles. The second kappa shape index (κ2) is 5.65. The average molecular weight is 296 g/mol. The third-order valence-corrected chi connectivity index (χ3v) is 4.60. The molecule has 0 amide bonds. The summed E-state index contributed by atoms with van der Waals surface area (Å²) in [5, 5.41) is 0. The third kappa shape index (κ3) is 2.59. The normalized spacial score (nSPS) is 38.7. The van der Waals surface area contributed by atoms with Crippen molar-refractivity contribution in [2.24, 2.45) is 0 Å². The Kier molecular flexibility index (Phi) is 4.01. The van der Waals surface area contributed by atoms with Gasteiger partial charge in [0.05, 0.1) is 18.8 Å². The third-order valence-electron chi connectivity index (χ3n) is 4.60. The number of fused-ring (bicyclic) bond motifs is 2. The van der Waals surface area contributed by atoms with Crippen molar-refractivity contribution in [2.75, 3.05) is 7.11 Å². The first-order chi connectivity index (χ1) is 10.0. The van der Waals surface area contributed by atoms with Gasteiger partial charge in [-0.2, -0.15) is 0 Å². The Labute approximate surface area is 124 Å². The number of rotatable bonds is 4. The smallest absolute Gasteiger partial charge is 0.185 e. The molecule has 0 spiro atoms. The second-order valence-corrected chi connectivity index (χ2v) is 5.85. The molecule has 1 aromatic rings. The Morgan fingerprint density at radius 2 is 2.14 bits per heavy atom. The average Bonchev–Trinajstić information content (AvgIpc) is 2.72. The molecule has 4 nitrogen and oxygen atoms in total. The summed E-state index contributed by atoms with van der Waals surface area (Å²) in [6, 6.07) is 6.60. The summed E-state index contributed by atoms with van der Waals surface area (Å²) in [6.07, 6.45) is -0.154. The second-order valence-electron chi connectivity index (χ2n) is 5.85. The van der Waals surface area contributed by atoms with Gasteiger partial charge in [0.1, 0.15) is 17.5 Å². The molecule has 2 saturated heterocycles. The molecule has 0 radical (unpaired) electrons. The van der Waals surface area contributed by atoms with Gasteiger partial charge in [-0.05, 0) is 19.9 Å². The lowest BCUT2D eigenvalue weighted by Gasteiger charge is -2.40. The summed E-state index contributed by atoms with van der Waals surface area (Å²) < 4.78 is 36.8. The van der Waals surface area contributed by atoms with E-state index in [1.807, 2.05) is 13.8 Å². The lowest BCUT2D eigenvalue weighted by molar-refractivity contribution is -0.231. The Bertz CT molecular complexity index is 509. The monoisotopic (exact) mass is 296 g/mol. The van der Waals surface area contributed by atoms with Crippen molar-refractivity contribution in [3.8, 4) is 0 Å². The van der Waals surface area contributed by atoms with Crippen LogP contribution in [0.2, 0.25) is 0 Å². The lowest BCUT2D eigenvalue weighted by Crippen LogP contribution is -2.53. The van der Waals surface area contributed by atoms with E-state index in [-0.39, 0.29) is 30.7 Å². The van der Waals surface area contributed by atoms with Crippen LogP contribution in [-0.4, -0.2) is 37.3 Å². The summed E-state index contributed by atoms with van der Waals surface area (Å²) in [6.45, 7) is 4.17. The van der Waals surface area contributed by atoms with Crippen molar-refractivity contribution in [2.45, 2.75) is 57.1 Å². The predicted octanol–water partition coefficient (Wildman–Crippen LogP) is 2.65. The highest BCUT2D eigenvalue weighted by atomic mass is 19.1. The number of ether oxygens (including phenoxy) is 4. The molecule has 5 heteroatoms. The number of halogens is 1. The topological polar surface area (TPSA) is 36.9 Å². The molecule has 2 fully saturated rings. The molecule has 0 aromatic heterocycles. The SMILES string of the molecule is CO[C@@H]1C[C@@H](OCc2ccccc2F)[C@H]2O[C@H](C)[C@]1(C)O2. The summed E-state index contributed by atoms with van der Waals surface area (Å²) >= 11 is 0. The van der Waals surface area contributed by atoms with Gasteiger partial charge in [-0.15, -0.1) is 0 Å². The maximum absolute atomic E-state index is 13.6. The number of methoxy groups -OCH3 is 1. The van der Waals surface area contributed by atoms with Gasteiger partial charge in [0.15, 0.2) is 6.29 Å². The van der Waals surface area contributed by atoms with Crippen molar-refractivity contribution < 1.29 is 23.3 Å². The number of hydrogen-bond acceptors (Lipinski definition) is 4. The van der Waals surface area contributed by atoms with E-state index in [4.69, 9.17) is 18.9 Å². The van der Waals surface area contributed by atoms with E-state index in [9.17, 15) is 4.39 Å². The van der Waals surface area contributed by atoms with E-state index >= 15 is 0 Å². The Morgan fingerprint density at radius 1 is 1.38 bits per heavy atom. The zero-order valence-electron chi connectivity index (χ0n) is 12.5. The fourth-order valence-electron chi connectivity index (χ4n) is 3.06. The first-order valence-electron chi connectivity index (χ1n) is 7.25. The molecule has 2 bridgehead atoms. The summed E-state index contributed by atoms with van der Waals surface area (Å²) in [5.41, 5.74) is 0.0860. The van der Waals surface area contributed by atoms with Crippen LogP contribution >= 0.6 is 0 Å². The molecule has 3 rings (SSSR count). The highest BCUT2D eigenvalue weighted by Gasteiger charge is 2.57. The van der Waals surface area contributed by atoms with Crippen LogP contribution in [-0.2, 0) is 25.6 Å². The maximum Gasteiger partial charge on any atom is 0.185 e. The molecule has 21 heavy (non-hydrogen) atoms. The van der Waals surface area contributed by atoms with Crippen LogP contribution in [0.5, 0.6) is 0 Å². The van der Waals surface area contributed by atoms with Crippen LogP contribution in [0, 0.1) is 5.82 Å². The van der Waals surface area contributed by atoms with Crippen molar-refractivity contribution in [3.05, 3.63) is 35.6 Å². The molecule has 0 N–H and O–H groups in total. The van der Waals surface area contributed by atoms with Crippen molar-refractivity contribution in [1.29, 1.82) is 0 Å². The minimum absolute atomic E-state index is 0.0606. The first kappa shape index (κ1) is 14.9. The molecule has 5 atom stereocenters. The largest absolute Gasteiger partial charge is 0.378 e. The first-order valence-corrected chi connectivity index (χ1v) is 7.25. The van der Waals surface area contributed by atoms with Crippen LogP contribution in [0.15, 0.2) is 24.3 Å². The highest BCUT2D eigenvalue weighted by Crippen LogP contribution is 2.43. The van der Waals surface area contributed by atoms with Gasteiger partial charge in [-0.3, -0.25) is 0 Å². The minimum Gasteiger partial charge on any atom is -0.378 e. The standard InChI is InChI=1S/C16H21FO4/c1-10-16(2)14(18-3)8-13(15(20-10)21-16)19-9-11-6-4-5-7-12(11)17/h4-7,10,13-15H,8-9H2,1-3H3/t10-,13-,14-,15+,16+/m1/s1. The molecule has 2 aliphatic heterocycles. The minimum atomic E-state index is -0.447. The fraction of sp³-hybridized carbons (Fsp3) is 0.625. The van der Waals surface area contributed by atoms with Gasteiger partial charge in [0, 0.05) is 19.1 Å². The molecule has 2 heterocycles. The van der Waals surface area contributed by atoms with Crippen LogP contribution in [0.1, 0.15) is 25.8 Å². The summed E-state index contributed by atoms with van der Waals surface area (Å²) in [7, 11) is 1.67. The van der Waals surface area contributed by atoms with E-state index < -0.39 is 11.9 Å². The van der Waals surface area contributed by atoms with E-state index in [0.29, 0.717) is 12.0 Å². The molecule has 0 saturated carbocycles. The summed E-state index contributed by atoms with van der Waals surface area (Å²) in [4.78, 5) is 0. The maximum atomic E-state index is 13.6. The fourth-order valence-corrected chi connectivity index (χ4v) is 3.06. The molecular weight excluding hydrogens is 275 g/mol. The molecule has 0 unspecified atom stereocenters. The molecule has 116 valence electrons. The van der Waals surface area contributed by atoms with Crippen LogP contribution in [0.4, 0.5) is 4.39 Å². The van der Waals surface area contributed by atoms with Crippen molar-refractivity contribution in [3.63, 3.8) is 0 Å². The number of hydrogen-bond donors (Lipinski definition) is 0. The van der Waals surface area contributed by atoms with Crippen molar-refractivity contribution >= 4 is 0 Å². The zero-order valence-corrected chi connectivity index (χ0v) is 12.5. The van der Waals surface area contributed by atoms with Gasteiger partial charge in [-0.25, -0.2) is 4.39 Å². The highest BCUT2D eigenvalue weighted by molar-refractivity contribution is 5.16. The van der Waals surface area contributed by atoms with Gasteiger partial charge in [0.2, 0.25) is 0 Å². The Hall–Kier alpha value is -1.01. The van der Waals surface area contributed by atoms with Gasteiger partial charge >= 0.3 is 0 Å². The van der Waals surface area contributed by atoms with Crippen LogP contribution < -0.4 is 0 Å². The van der Waals surface area contributed by atoms with E-state index in [2.05, 4.69) is 0 Å². The number of benzene rings is 1. The molecular formula is C16H21FO4. The van der Waals surface area contributed by atoms with Crippen LogP contribution in [0.25, 0.3) is 0 Å². The van der Waals surface area contributed by atoms with Gasteiger partial charge in [0.25, 0.3) is 0 Å². The Balaban J connectivity index is 1.68. The van der Waals surface area contributed by atoms with Crippen molar-refractivity contribution in [1.82, 2.24) is 0 Å². The van der Waals surface area contributed by atoms with Gasteiger partial charge in [-0.1, -0.05) is 18.2 Å². The molecule has 2 aliphatic rings. The van der Waals surface area contributed by atoms with E-state index in [1.54, 1.807) is 25.3 Å². The zero-order chi connectivity index (χ0) is 15.0. The molecule has 0 aliphatic carbocycles. The summed E-state index contributed by atoms with van der Waals surface area (Å²) in [5.74, 6) is -0.261. The predicted molar refractivity (Wildman–Crippen MR) is 74.2 cm³/mol. The lowest BCUT2D eigenvalue weighted by atomic mass is 9.88. The van der Waals surface area contributed by atoms with E-state index in [0.717, 1.165) is 0 Å². The van der Waals surface area contributed by atoms with Crippen LogP contribution in [0.3, 0.4) is 0 Å². The Morgan fingerprint density at radius 3 is 2.86 bits per heavy atom. The van der Waals surface area contributed by atoms with E-state index in [1.165, 1.54) is 6.07 Å².